The molecule has 3 nitrogen and oxygen atoms in total. The molecule has 0 spiro atoms. The Bertz CT molecular complexity index is 608. The lowest BCUT2D eigenvalue weighted by Gasteiger charge is -2.10. The molecular formula is C15H13BrO3. The lowest BCUT2D eigenvalue weighted by molar-refractivity contribution is 0.0692. The standard InChI is InChI=1S/C15H13BrO3/c1-10-5-6-13(15(17)18)14(7-10)19-9-11-3-2-4-12(16)8-11/h2-8H,9H2,1H3,(H,17,18). The molecule has 0 saturated heterocycles. The first-order valence-electron chi connectivity index (χ1n) is 5.77. The number of aryl methyl sites for hydroxylation is 1. The number of halogens is 1. The number of aromatic carboxylic acids is 1. The van der Waals surface area contributed by atoms with Crippen molar-refractivity contribution in [3.8, 4) is 5.75 Å². The van der Waals surface area contributed by atoms with Gasteiger partial charge >= 0.3 is 5.97 Å². The summed E-state index contributed by atoms with van der Waals surface area (Å²) >= 11 is 3.39. The van der Waals surface area contributed by atoms with Crippen molar-refractivity contribution in [2.24, 2.45) is 0 Å². The van der Waals surface area contributed by atoms with Gasteiger partial charge in [0.2, 0.25) is 0 Å². The zero-order valence-electron chi connectivity index (χ0n) is 10.4. The number of ether oxygens (including phenoxy) is 1. The number of hydrogen-bond donors (Lipinski definition) is 1. The molecule has 0 aliphatic carbocycles. The summed E-state index contributed by atoms with van der Waals surface area (Å²) in [7, 11) is 0. The summed E-state index contributed by atoms with van der Waals surface area (Å²) in [6.45, 7) is 2.24. The van der Waals surface area contributed by atoms with Crippen molar-refractivity contribution >= 4 is 21.9 Å². The normalized spacial score (nSPS) is 10.2. The quantitative estimate of drug-likeness (QED) is 0.924. The Morgan fingerprint density at radius 2 is 2.05 bits per heavy atom. The predicted octanol–water partition coefficient (Wildman–Crippen LogP) is 4.03. The largest absolute Gasteiger partial charge is 0.488 e. The van der Waals surface area contributed by atoms with E-state index in [1.165, 1.54) is 0 Å². The van der Waals surface area contributed by atoms with Gasteiger partial charge in [-0.05, 0) is 42.3 Å². The molecule has 2 rings (SSSR count). The summed E-state index contributed by atoms with van der Waals surface area (Å²) in [5.41, 5.74) is 2.13. The molecule has 0 saturated carbocycles. The summed E-state index contributed by atoms with van der Waals surface area (Å²) in [5.74, 6) is -0.586. The van der Waals surface area contributed by atoms with E-state index in [4.69, 9.17) is 9.84 Å². The Morgan fingerprint density at radius 1 is 1.26 bits per heavy atom. The summed E-state index contributed by atoms with van der Waals surface area (Å²) in [6, 6.07) is 12.8. The number of benzene rings is 2. The molecule has 98 valence electrons. The molecule has 0 bridgehead atoms. The van der Waals surface area contributed by atoms with Gasteiger partial charge in [-0.2, -0.15) is 0 Å². The number of rotatable bonds is 4. The van der Waals surface area contributed by atoms with Crippen LogP contribution < -0.4 is 4.74 Å². The Balaban J connectivity index is 2.19. The first-order valence-corrected chi connectivity index (χ1v) is 6.57. The first-order chi connectivity index (χ1) is 9.06. The number of carboxylic acids is 1. The topological polar surface area (TPSA) is 46.5 Å². The highest BCUT2D eigenvalue weighted by molar-refractivity contribution is 9.10. The minimum absolute atomic E-state index is 0.181. The van der Waals surface area contributed by atoms with Crippen LogP contribution in [0.1, 0.15) is 21.5 Å². The molecule has 0 amide bonds. The van der Waals surface area contributed by atoms with Crippen molar-refractivity contribution < 1.29 is 14.6 Å². The molecule has 0 fully saturated rings. The van der Waals surface area contributed by atoms with Crippen LogP contribution in [-0.4, -0.2) is 11.1 Å². The molecule has 0 unspecified atom stereocenters. The number of carboxylic acid groups (broad SMARTS) is 1. The Hall–Kier alpha value is -1.81. The SMILES string of the molecule is Cc1ccc(C(=O)O)c(OCc2cccc(Br)c2)c1. The number of hydrogen-bond acceptors (Lipinski definition) is 2. The second kappa shape index (κ2) is 5.89. The van der Waals surface area contributed by atoms with Crippen molar-refractivity contribution in [3.63, 3.8) is 0 Å². The smallest absolute Gasteiger partial charge is 0.339 e. The van der Waals surface area contributed by atoms with Crippen LogP contribution in [0.2, 0.25) is 0 Å². The molecule has 0 radical (unpaired) electrons. The number of carbonyl (C=O) groups is 1. The van der Waals surface area contributed by atoms with Crippen molar-refractivity contribution in [1.82, 2.24) is 0 Å². The molecule has 0 aromatic heterocycles. The Labute approximate surface area is 120 Å². The van der Waals surface area contributed by atoms with Gasteiger partial charge in [0.05, 0.1) is 0 Å². The third kappa shape index (κ3) is 3.58. The van der Waals surface area contributed by atoms with Gasteiger partial charge in [0.15, 0.2) is 0 Å². The monoisotopic (exact) mass is 320 g/mol. The Kier molecular flexibility index (Phi) is 4.22. The Morgan fingerprint density at radius 3 is 2.74 bits per heavy atom. The van der Waals surface area contributed by atoms with Crippen LogP contribution in [0.15, 0.2) is 46.9 Å². The lowest BCUT2D eigenvalue weighted by atomic mass is 10.1. The van der Waals surface area contributed by atoms with Crippen LogP contribution in [0.4, 0.5) is 0 Å². The maximum atomic E-state index is 11.1. The van der Waals surface area contributed by atoms with Crippen LogP contribution in [0.5, 0.6) is 5.75 Å². The zero-order valence-corrected chi connectivity index (χ0v) is 12.0. The molecule has 0 heterocycles. The average molecular weight is 321 g/mol. The van der Waals surface area contributed by atoms with Gasteiger partial charge in [0.25, 0.3) is 0 Å². The molecule has 1 N–H and O–H groups in total. The van der Waals surface area contributed by atoms with Gasteiger partial charge in [0.1, 0.15) is 17.9 Å². The molecule has 0 aliphatic rings. The molecule has 19 heavy (non-hydrogen) atoms. The summed E-state index contributed by atoms with van der Waals surface area (Å²) in [5, 5.41) is 9.11. The zero-order chi connectivity index (χ0) is 13.8. The van der Waals surface area contributed by atoms with Crippen LogP contribution in [0.3, 0.4) is 0 Å². The van der Waals surface area contributed by atoms with E-state index in [0.717, 1.165) is 15.6 Å². The van der Waals surface area contributed by atoms with Crippen LogP contribution in [0.25, 0.3) is 0 Å². The second-order valence-corrected chi connectivity index (χ2v) is 5.14. The third-order valence-electron chi connectivity index (χ3n) is 2.65. The van der Waals surface area contributed by atoms with Gasteiger partial charge < -0.3 is 9.84 Å². The molecule has 0 aliphatic heterocycles. The van der Waals surface area contributed by atoms with Crippen molar-refractivity contribution in [2.45, 2.75) is 13.5 Å². The average Bonchev–Trinajstić information content (AvgIpc) is 2.36. The molecular weight excluding hydrogens is 308 g/mol. The van der Waals surface area contributed by atoms with Crippen LogP contribution in [-0.2, 0) is 6.61 Å². The highest BCUT2D eigenvalue weighted by Gasteiger charge is 2.11. The van der Waals surface area contributed by atoms with E-state index in [0.29, 0.717) is 12.4 Å². The van der Waals surface area contributed by atoms with Gasteiger partial charge in [-0.1, -0.05) is 34.1 Å². The minimum atomic E-state index is -0.982. The second-order valence-electron chi connectivity index (χ2n) is 4.22. The van der Waals surface area contributed by atoms with Crippen LogP contribution >= 0.6 is 15.9 Å². The fraction of sp³-hybridized carbons (Fsp3) is 0.133. The maximum absolute atomic E-state index is 11.1. The molecule has 4 heteroatoms. The van der Waals surface area contributed by atoms with E-state index < -0.39 is 5.97 Å². The van der Waals surface area contributed by atoms with Gasteiger partial charge in [-0.3, -0.25) is 0 Å². The fourth-order valence-electron chi connectivity index (χ4n) is 1.71. The van der Waals surface area contributed by atoms with E-state index in [9.17, 15) is 4.79 Å². The minimum Gasteiger partial charge on any atom is -0.488 e. The van der Waals surface area contributed by atoms with Gasteiger partial charge in [0, 0.05) is 4.47 Å². The highest BCUT2D eigenvalue weighted by Crippen LogP contribution is 2.22. The van der Waals surface area contributed by atoms with E-state index in [1.54, 1.807) is 18.2 Å². The van der Waals surface area contributed by atoms with E-state index >= 15 is 0 Å². The van der Waals surface area contributed by atoms with E-state index in [-0.39, 0.29) is 5.56 Å². The summed E-state index contributed by atoms with van der Waals surface area (Å²) in [4.78, 5) is 11.1. The molecule has 2 aromatic carbocycles. The van der Waals surface area contributed by atoms with Crippen LogP contribution in [0, 0.1) is 6.92 Å². The maximum Gasteiger partial charge on any atom is 0.339 e. The van der Waals surface area contributed by atoms with E-state index in [1.807, 2.05) is 31.2 Å². The van der Waals surface area contributed by atoms with Gasteiger partial charge in [-0.25, -0.2) is 4.79 Å². The fourth-order valence-corrected chi connectivity index (χ4v) is 2.16. The highest BCUT2D eigenvalue weighted by atomic mass is 79.9. The third-order valence-corrected chi connectivity index (χ3v) is 3.14. The predicted molar refractivity (Wildman–Crippen MR) is 76.6 cm³/mol. The van der Waals surface area contributed by atoms with Crippen molar-refractivity contribution in [3.05, 3.63) is 63.6 Å². The molecule has 2 aromatic rings. The molecule has 0 atom stereocenters. The van der Waals surface area contributed by atoms with Crippen molar-refractivity contribution in [1.29, 1.82) is 0 Å². The van der Waals surface area contributed by atoms with E-state index in [2.05, 4.69) is 15.9 Å². The summed E-state index contributed by atoms with van der Waals surface area (Å²) < 4.78 is 6.59. The first kappa shape index (κ1) is 13.6. The summed E-state index contributed by atoms with van der Waals surface area (Å²) in [6.07, 6.45) is 0. The van der Waals surface area contributed by atoms with Crippen molar-refractivity contribution in [2.75, 3.05) is 0 Å². The lowest BCUT2D eigenvalue weighted by Crippen LogP contribution is -2.03. The van der Waals surface area contributed by atoms with Gasteiger partial charge in [-0.15, -0.1) is 0 Å².